The van der Waals surface area contributed by atoms with Crippen LogP contribution in [0.3, 0.4) is 0 Å². The Morgan fingerprint density at radius 3 is 2.64 bits per heavy atom. The van der Waals surface area contributed by atoms with Gasteiger partial charge in [-0.05, 0) is 18.6 Å². The Labute approximate surface area is 133 Å². The third-order valence-electron chi connectivity index (χ3n) is 3.19. The van der Waals surface area contributed by atoms with Crippen molar-refractivity contribution in [3.05, 3.63) is 24.3 Å². The van der Waals surface area contributed by atoms with Gasteiger partial charge in [-0.3, -0.25) is 0 Å². The summed E-state index contributed by atoms with van der Waals surface area (Å²) < 4.78 is 16.3. The summed E-state index contributed by atoms with van der Waals surface area (Å²) in [5.41, 5.74) is 0. The third-order valence-corrected chi connectivity index (χ3v) is 3.19. The Balaban J connectivity index is 2.02. The normalized spacial score (nSPS) is 12.1. The monoisotopic (exact) mass is 311 g/mol. The zero-order valence-electron chi connectivity index (χ0n) is 13.7. The maximum absolute atomic E-state index is 9.76. The molecule has 5 heteroatoms. The van der Waals surface area contributed by atoms with Crippen LogP contribution in [0.1, 0.15) is 26.2 Å². The van der Waals surface area contributed by atoms with Gasteiger partial charge in [0, 0.05) is 19.7 Å². The number of rotatable bonds is 13. The average Bonchev–Trinajstić information content (AvgIpc) is 2.54. The van der Waals surface area contributed by atoms with E-state index in [2.05, 4.69) is 12.2 Å². The molecular weight excluding hydrogens is 282 g/mol. The van der Waals surface area contributed by atoms with E-state index in [1.165, 1.54) is 12.8 Å². The topological polar surface area (TPSA) is 60.0 Å². The second-order valence-corrected chi connectivity index (χ2v) is 5.14. The number of benzene rings is 1. The van der Waals surface area contributed by atoms with Gasteiger partial charge in [0.1, 0.15) is 6.61 Å². The molecule has 0 radical (unpaired) electrons. The van der Waals surface area contributed by atoms with Gasteiger partial charge in [-0.2, -0.15) is 0 Å². The van der Waals surface area contributed by atoms with Crippen LogP contribution in [0.5, 0.6) is 11.5 Å². The minimum absolute atomic E-state index is 0.379. The van der Waals surface area contributed by atoms with Gasteiger partial charge < -0.3 is 24.6 Å². The minimum atomic E-state index is -0.479. The van der Waals surface area contributed by atoms with E-state index in [-0.39, 0.29) is 0 Å². The standard InChI is InChI=1S/C17H29NO4/c1-3-4-7-11-21-14-15(19)13-18-10-12-22-17-9-6-5-8-16(17)20-2/h5-6,8-9,15,18-19H,3-4,7,10-14H2,1-2H3/t15-/m1/s1. The van der Waals surface area contributed by atoms with Crippen molar-refractivity contribution in [1.82, 2.24) is 5.32 Å². The molecule has 1 rings (SSSR count). The number of para-hydroxylation sites is 2. The summed E-state index contributed by atoms with van der Waals surface area (Å²) in [4.78, 5) is 0. The van der Waals surface area contributed by atoms with Crippen molar-refractivity contribution in [3.63, 3.8) is 0 Å². The molecule has 0 saturated carbocycles. The Hall–Kier alpha value is -1.30. The quantitative estimate of drug-likeness (QED) is 0.547. The van der Waals surface area contributed by atoms with E-state index in [1.807, 2.05) is 24.3 Å². The lowest BCUT2D eigenvalue weighted by Gasteiger charge is -2.13. The third kappa shape index (κ3) is 8.22. The Kier molecular flexibility index (Phi) is 10.5. The summed E-state index contributed by atoms with van der Waals surface area (Å²) in [7, 11) is 1.62. The molecule has 1 aromatic rings. The number of hydrogen-bond acceptors (Lipinski definition) is 5. The number of methoxy groups -OCH3 is 1. The molecule has 0 saturated heterocycles. The predicted molar refractivity (Wildman–Crippen MR) is 87.7 cm³/mol. The van der Waals surface area contributed by atoms with Crippen LogP contribution in [0.25, 0.3) is 0 Å². The Morgan fingerprint density at radius 1 is 1.14 bits per heavy atom. The molecule has 0 aliphatic heterocycles. The zero-order chi connectivity index (χ0) is 16.0. The van der Waals surface area contributed by atoms with E-state index >= 15 is 0 Å². The van der Waals surface area contributed by atoms with Gasteiger partial charge in [-0.1, -0.05) is 31.9 Å². The van der Waals surface area contributed by atoms with Gasteiger partial charge >= 0.3 is 0 Å². The first-order chi connectivity index (χ1) is 10.8. The molecule has 0 aromatic heterocycles. The molecule has 0 spiro atoms. The van der Waals surface area contributed by atoms with Crippen LogP contribution in [0, 0.1) is 0 Å². The Morgan fingerprint density at radius 2 is 1.91 bits per heavy atom. The van der Waals surface area contributed by atoms with Gasteiger partial charge in [0.15, 0.2) is 11.5 Å². The van der Waals surface area contributed by atoms with Crippen LogP contribution in [-0.2, 0) is 4.74 Å². The van der Waals surface area contributed by atoms with Crippen molar-refractivity contribution in [2.75, 3.05) is 40.0 Å². The van der Waals surface area contributed by atoms with Crippen LogP contribution in [0.2, 0.25) is 0 Å². The molecule has 0 fully saturated rings. The van der Waals surface area contributed by atoms with E-state index in [9.17, 15) is 5.11 Å². The first-order valence-electron chi connectivity index (χ1n) is 8.00. The second-order valence-electron chi connectivity index (χ2n) is 5.14. The van der Waals surface area contributed by atoms with Crippen molar-refractivity contribution in [2.24, 2.45) is 0 Å². The fourth-order valence-electron chi connectivity index (χ4n) is 1.97. The molecule has 1 atom stereocenters. The predicted octanol–water partition coefficient (Wildman–Crippen LogP) is 2.23. The molecule has 126 valence electrons. The van der Waals surface area contributed by atoms with Crippen molar-refractivity contribution >= 4 is 0 Å². The highest BCUT2D eigenvalue weighted by Crippen LogP contribution is 2.25. The molecule has 0 heterocycles. The van der Waals surface area contributed by atoms with Crippen molar-refractivity contribution in [2.45, 2.75) is 32.3 Å². The van der Waals surface area contributed by atoms with Gasteiger partial charge in [0.2, 0.25) is 0 Å². The first-order valence-corrected chi connectivity index (χ1v) is 8.00. The number of nitrogens with one attached hydrogen (secondary N) is 1. The summed E-state index contributed by atoms with van der Waals surface area (Å²) in [6.07, 6.45) is 2.94. The minimum Gasteiger partial charge on any atom is -0.493 e. The van der Waals surface area contributed by atoms with Gasteiger partial charge in [-0.15, -0.1) is 0 Å². The van der Waals surface area contributed by atoms with Gasteiger partial charge in [0.25, 0.3) is 0 Å². The van der Waals surface area contributed by atoms with Crippen LogP contribution in [0.15, 0.2) is 24.3 Å². The number of aliphatic hydroxyl groups excluding tert-OH is 1. The van der Waals surface area contributed by atoms with Gasteiger partial charge in [-0.25, -0.2) is 0 Å². The Bertz CT molecular complexity index is 387. The van der Waals surface area contributed by atoms with E-state index < -0.39 is 6.10 Å². The maximum atomic E-state index is 9.76. The summed E-state index contributed by atoms with van der Waals surface area (Å²) in [6, 6.07) is 7.55. The molecule has 0 aliphatic carbocycles. The van der Waals surface area contributed by atoms with E-state index in [0.717, 1.165) is 24.5 Å². The number of hydrogen-bond donors (Lipinski definition) is 2. The molecule has 2 N–H and O–H groups in total. The lowest BCUT2D eigenvalue weighted by atomic mass is 10.3. The van der Waals surface area contributed by atoms with E-state index in [1.54, 1.807) is 7.11 Å². The number of unbranched alkanes of at least 4 members (excludes halogenated alkanes) is 2. The van der Waals surface area contributed by atoms with Crippen LogP contribution in [-0.4, -0.2) is 51.2 Å². The number of aliphatic hydroxyl groups is 1. The van der Waals surface area contributed by atoms with Crippen molar-refractivity contribution in [1.29, 1.82) is 0 Å². The molecule has 0 aliphatic rings. The van der Waals surface area contributed by atoms with Crippen LogP contribution >= 0.6 is 0 Å². The summed E-state index contributed by atoms with van der Waals surface area (Å²) in [6.45, 7) is 4.94. The van der Waals surface area contributed by atoms with Crippen molar-refractivity contribution in [3.8, 4) is 11.5 Å². The SMILES string of the molecule is CCCCCOC[C@H](O)CNCCOc1ccccc1OC. The van der Waals surface area contributed by atoms with E-state index in [0.29, 0.717) is 26.3 Å². The molecule has 1 aromatic carbocycles. The second kappa shape index (κ2) is 12.3. The maximum Gasteiger partial charge on any atom is 0.161 e. The fraction of sp³-hybridized carbons (Fsp3) is 0.647. The molecule has 5 nitrogen and oxygen atoms in total. The molecular formula is C17H29NO4. The summed E-state index contributed by atoms with van der Waals surface area (Å²) >= 11 is 0. The van der Waals surface area contributed by atoms with Crippen LogP contribution < -0.4 is 14.8 Å². The zero-order valence-corrected chi connectivity index (χ0v) is 13.7. The summed E-state index contributed by atoms with van der Waals surface area (Å²) in [5, 5.41) is 12.9. The number of ether oxygens (including phenoxy) is 3. The molecule has 0 unspecified atom stereocenters. The molecule has 0 bridgehead atoms. The fourth-order valence-corrected chi connectivity index (χ4v) is 1.97. The van der Waals surface area contributed by atoms with E-state index in [4.69, 9.17) is 14.2 Å². The lowest BCUT2D eigenvalue weighted by Crippen LogP contribution is -2.33. The first kappa shape index (κ1) is 18.7. The average molecular weight is 311 g/mol. The van der Waals surface area contributed by atoms with Gasteiger partial charge in [0.05, 0.1) is 19.8 Å². The highest BCUT2D eigenvalue weighted by atomic mass is 16.5. The molecule has 22 heavy (non-hydrogen) atoms. The summed E-state index contributed by atoms with van der Waals surface area (Å²) in [5.74, 6) is 1.45. The highest BCUT2D eigenvalue weighted by molar-refractivity contribution is 5.39. The lowest BCUT2D eigenvalue weighted by molar-refractivity contribution is 0.0353. The van der Waals surface area contributed by atoms with Crippen LogP contribution in [0.4, 0.5) is 0 Å². The van der Waals surface area contributed by atoms with Crippen molar-refractivity contribution < 1.29 is 19.3 Å². The highest BCUT2D eigenvalue weighted by Gasteiger charge is 2.04. The molecule has 0 amide bonds. The largest absolute Gasteiger partial charge is 0.493 e. The smallest absolute Gasteiger partial charge is 0.161 e.